The van der Waals surface area contributed by atoms with E-state index >= 15 is 0 Å². The summed E-state index contributed by atoms with van der Waals surface area (Å²) in [5, 5.41) is 10.0. The van der Waals surface area contributed by atoms with Gasteiger partial charge in [-0.05, 0) is 25.8 Å². The molecule has 162 valence electrons. The minimum absolute atomic E-state index is 0.186. The third-order valence-corrected chi connectivity index (χ3v) is 4.58. The summed E-state index contributed by atoms with van der Waals surface area (Å²) in [6, 6.07) is 7.79. The summed E-state index contributed by atoms with van der Waals surface area (Å²) in [7, 11) is 0. The molecule has 0 amide bonds. The molecule has 0 saturated heterocycles. The van der Waals surface area contributed by atoms with E-state index in [1.165, 1.54) is 32.1 Å². The molecule has 0 aliphatic heterocycles. The second-order valence-electron chi connectivity index (χ2n) is 7.16. The highest BCUT2D eigenvalue weighted by Crippen LogP contribution is 2.20. The van der Waals surface area contributed by atoms with Gasteiger partial charge in [-0.2, -0.15) is 0 Å². The Kier molecular flexibility index (Phi) is 14.5. The van der Waals surface area contributed by atoms with Gasteiger partial charge in [0.05, 0.1) is 19.3 Å². The van der Waals surface area contributed by atoms with Crippen molar-refractivity contribution in [1.82, 2.24) is 0 Å². The fourth-order valence-corrected chi connectivity index (χ4v) is 2.96. The second-order valence-corrected chi connectivity index (χ2v) is 7.16. The van der Waals surface area contributed by atoms with Crippen molar-refractivity contribution in [2.45, 2.75) is 77.7 Å². The number of hydrogen-bond donors (Lipinski definition) is 1. The highest BCUT2D eigenvalue weighted by atomic mass is 16.5. The van der Waals surface area contributed by atoms with Crippen molar-refractivity contribution in [2.24, 2.45) is 0 Å². The van der Waals surface area contributed by atoms with Crippen LogP contribution in [0, 0.1) is 0 Å². The SMILES string of the molecule is CCCCCCCCC(O)/C=C/C=C/c1ccccc1OCCCC(=O)OCC. The van der Waals surface area contributed by atoms with Gasteiger partial charge in [0.1, 0.15) is 5.75 Å². The number of unbranched alkanes of at least 4 members (excludes halogenated alkanes) is 5. The highest BCUT2D eigenvalue weighted by Gasteiger charge is 2.03. The van der Waals surface area contributed by atoms with Crippen LogP contribution in [0.5, 0.6) is 5.75 Å². The fourth-order valence-electron chi connectivity index (χ4n) is 2.96. The van der Waals surface area contributed by atoms with Crippen LogP contribution in [0.4, 0.5) is 0 Å². The lowest BCUT2D eigenvalue weighted by Gasteiger charge is -2.09. The van der Waals surface area contributed by atoms with Crippen LogP contribution >= 0.6 is 0 Å². The maximum Gasteiger partial charge on any atom is 0.305 e. The van der Waals surface area contributed by atoms with E-state index in [0.29, 0.717) is 26.1 Å². The summed E-state index contributed by atoms with van der Waals surface area (Å²) < 4.78 is 10.7. The molecule has 0 spiro atoms. The maximum atomic E-state index is 11.4. The number of aliphatic hydroxyl groups is 1. The molecule has 1 rings (SSSR count). The largest absolute Gasteiger partial charge is 0.493 e. The van der Waals surface area contributed by atoms with Gasteiger partial charge in [-0.25, -0.2) is 0 Å². The van der Waals surface area contributed by atoms with Gasteiger partial charge in [0.15, 0.2) is 0 Å². The molecule has 0 aromatic heterocycles. The van der Waals surface area contributed by atoms with Crippen molar-refractivity contribution in [3.8, 4) is 5.75 Å². The van der Waals surface area contributed by atoms with Crippen LogP contribution in [0.25, 0.3) is 6.08 Å². The minimum Gasteiger partial charge on any atom is -0.493 e. The molecule has 1 atom stereocenters. The van der Waals surface area contributed by atoms with Gasteiger partial charge in [-0.15, -0.1) is 0 Å². The summed E-state index contributed by atoms with van der Waals surface area (Å²) >= 11 is 0. The van der Waals surface area contributed by atoms with E-state index in [4.69, 9.17) is 9.47 Å². The van der Waals surface area contributed by atoms with Crippen LogP contribution in [0.3, 0.4) is 0 Å². The summed E-state index contributed by atoms with van der Waals surface area (Å²) in [5.74, 6) is 0.600. The molecule has 1 unspecified atom stereocenters. The number of esters is 1. The molecule has 1 aromatic carbocycles. The van der Waals surface area contributed by atoms with E-state index in [-0.39, 0.29) is 12.1 Å². The van der Waals surface area contributed by atoms with Crippen LogP contribution < -0.4 is 4.74 Å². The molecule has 0 aliphatic rings. The highest BCUT2D eigenvalue weighted by molar-refractivity contribution is 5.69. The van der Waals surface area contributed by atoms with Gasteiger partial charge in [0, 0.05) is 12.0 Å². The number of para-hydroxylation sites is 1. The first-order valence-corrected chi connectivity index (χ1v) is 11.1. The normalized spacial score (nSPS) is 12.5. The molecule has 0 aliphatic carbocycles. The summed E-state index contributed by atoms with van der Waals surface area (Å²) in [6.45, 7) is 4.91. The van der Waals surface area contributed by atoms with E-state index in [2.05, 4.69) is 6.92 Å². The lowest BCUT2D eigenvalue weighted by molar-refractivity contribution is -0.143. The number of hydrogen-bond acceptors (Lipinski definition) is 4. The Labute approximate surface area is 176 Å². The second kappa shape index (κ2) is 16.8. The molecule has 0 fully saturated rings. The van der Waals surface area contributed by atoms with E-state index in [0.717, 1.165) is 24.2 Å². The smallest absolute Gasteiger partial charge is 0.305 e. The Balaban J connectivity index is 2.34. The van der Waals surface area contributed by atoms with Crippen molar-refractivity contribution in [3.63, 3.8) is 0 Å². The van der Waals surface area contributed by atoms with Crippen LogP contribution in [0.1, 0.15) is 77.2 Å². The first-order valence-electron chi connectivity index (χ1n) is 11.1. The van der Waals surface area contributed by atoms with Crippen molar-refractivity contribution >= 4 is 12.0 Å². The number of allylic oxidation sites excluding steroid dienone is 2. The predicted molar refractivity (Wildman–Crippen MR) is 120 cm³/mol. The number of benzene rings is 1. The number of aliphatic hydroxyl groups excluding tert-OH is 1. The van der Waals surface area contributed by atoms with E-state index in [1.54, 1.807) is 6.92 Å². The molecule has 0 saturated carbocycles. The topological polar surface area (TPSA) is 55.8 Å². The van der Waals surface area contributed by atoms with Gasteiger partial charge in [-0.1, -0.05) is 88.0 Å². The van der Waals surface area contributed by atoms with Gasteiger partial charge in [0.2, 0.25) is 0 Å². The zero-order valence-corrected chi connectivity index (χ0v) is 18.1. The molecule has 0 bridgehead atoms. The van der Waals surface area contributed by atoms with Gasteiger partial charge < -0.3 is 14.6 Å². The first kappa shape index (κ1) is 25.0. The molecule has 4 nitrogen and oxygen atoms in total. The van der Waals surface area contributed by atoms with Crippen LogP contribution in [-0.2, 0) is 9.53 Å². The zero-order valence-electron chi connectivity index (χ0n) is 18.1. The number of carbonyl (C=O) groups is 1. The zero-order chi connectivity index (χ0) is 21.2. The Hall–Kier alpha value is -2.07. The Morgan fingerprint density at radius 3 is 2.59 bits per heavy atom. The first-order chi connectivity index (χ1) is 14.2. The number of ether oxygens (including phenoxy) is 2. The molecule has 4 heteroatoms. The fraction of sp³-hybridized carbons (Fsp3) is 0.560. The van der Waals surface area contributed by atoms with Crippen molar-refractivity contribution in [3.05, 3.63) is 48.1 Å². The Morgan fingerprint density at radius 1 is 1.03 bits per heavy atom. The molecule has 0 heterocycles. The van der Waals surface area contributed by atoms with Crippen molar-refractivity contribution in [2.75, 3.05) is 13.2 Å². The Bertz CT molecular complexity index is 607. The average molecular weight is 403 g/mol. The van der Waals surface area contributed by atoms with Crippen molar-refractivity contribution in [1.29, 1.82) is 0 Å². The lowest BCUT2D eigenvalue weighted by Crippen LogP contribution is -2.07. The van der Waals surface area contributed by atoms with Gasteiger partial charge in [-0.3, -0.25) is 4.79 Å². The van der Waals surface area contributed by atoms with E-state index in [1.807, 2.05) is 48.6 Å². The molecular weight excluding hydrogens is 364 g/mol. The summed E-state index contributed by atoms with van der Waals surface area (Å²) in [4.78, 5) is 11.4. The summed E-state index contributed by atoms with van der Waals surface area (Å²) in [5.41, 5.74) is 0.971. The van der Waals surface area contributed by atoms with E-state index < -0.39 is 0 Å². The van der Waals surface area contributed by atoms with Crippen molar-refractivity contribution < 1.29 is 19.4 Å². The van der Waals surface area contributed by atoms with Crippen LogP contribution in [0.15, 0.2) is 42.5 Å². The molecule has 1 aromatic rings. The standard InChI is InChI=1S/C25H38O4/c1-3-5-6-7-8-9-17-23(26)18-12-10-15-22-16-11-13-19-24(22)29-21-14-20-25(27)28-4-2/h10-13,15-16,18-19,23,26H,3-9,14,17,20-21H2,1-2H3/b15-10+,18-12+. The van der Waals surface area contributed by atoms with Crippen LogP contribution in [-0.4, -0.2) is 30.4 Å². The monoisotopic (exact) mass is 402 g/mol. The number of rotatable bonds is 16. The third kappa shape index (κ3) is 12.9. The average Bonchev–Trinajstić information content (AvgIpc) is 2.72. The lowest BCUT2D eigenvalue weighted by atomic mass is 10.1. The Morgan fingerprint density at radius 2 is 1.79 bits per heavy atom. The molecule has 29 heavy (non-hydrogen) atoms. The third-order valence-electron chi connectivity index (χ3n) is 4.58. The van der Waals surface area contributed by atoms with Gasteiger partial charge in [0.25, 0.3) is 0 Å². The van der Waals surface area contributed by atoms with Crippen LogP contribution in [0.2, 0.25) is 0 Å². The molecular formula is C25H38O4. The quantitative estimate of drug-likeness (QED) is 0.206. The van der Waals surface area contributed by atoms with Gasteiger partial charge >= 0.3 is 5.97 Å². The predicted octanol–water partition coefficient (Wildman–Crippen LogP) is 6.09. The number of carbonyl (C=O) groups excluding carboxylic acids is 1. The molecule has 1 N–H and O–H groups in total. The molecule has 0 radical (unpaired) electrons. The maximum absolute atomic E-state index is 11.4. The minimum atomic E-state index is -0.389. The summed E-state index contributed by atoms with van der Waals surface area (Å²) in [6.07, 6.45) is 16.4. The van der Waals surface area contributed by atoms with E-state index in [9.17, 15) is 9.90 Å².